The molecule has 30 heavy (non-hydrogen) atoms. The first-order valence-electron chi connectivity index (χ1n) is 10.4. The average Bonchev–Trinajstić information content (AvgIpc) is 3.30. The number of nitrogens with zero attached hydrogens (tertiary/aromatic N) is 4. The normalized spacial score (nSPS) is 15.6. The van der Waals surface area contributed by atoms with E-state index in [0.29, 0.717) is 23.6 Å². The van der Waals surface area contributed by atoms with Gasteiger partial charge in [0.2, 0.25) is 11.8 Å². The lowest BCUT2D eigenvalue weighted by molar-refractivity contribution is 0.0882. The summed E-state index contributed by atoms with van der Waals surface area (Å²) >= 11 is 1.70. The van der Waals surface area contributed by atoms with Crippen LogP contribution in [0.3, 0.4) is 0 Å². The molecule has 0 radical (unpaired) electrons. The smallest absolute Gasteiger partial charge is 0.223 e. The van der Waals surface area contributed by atoms with Crippen LogP contribution in [0.5, 0.6) is 0 Å². The van der Waals surface area contributed by atoms with Crippen molar-refractivity contribution in [2.45, 2.75) is 33.1 Å². The first-order valence-corrected chi connectivity index (χ1v) is 11.2. The van der Waals surface area contributed by atoms with Crippen LogP contribution < -0.4 is 0 Å². The molecule has 154 valence electrons. The quantitative estimate of drug-likeness (QED) is 0.435. The number of likely N-dealkylation sites (tertiary alicyclic amines) is 1. The summed E-state index contributed by atoms with van der Waals surface area (Å²) in [5, 5.41) is 9.60. The van der Waals surface area contributed by atoms with Gasteiger partial charge in [0.05, 0.1) is 22.6 Å². The SMILES string of the molecule is CC(C)(C)CN1CC(c2nnc(Cc3nc4ccc(-c5ccccc5)cc4s3)o2)C1. The predicted molar refractivity (Wildman–Crippen MR) is 121 cm³/mol. The standard InChI is InChI=1S/C24H26N4OS/c1-24(2,3)15-28-13-18(14-28)23-27-26-21(29-23)12-22-25-19-10-9-17(11-20(19)30-22)16-7-5-4-6-8-16/h4-11,18H,12-15H2,1-3H3. The third-order valence-corrected chi connectivity index (χ3v) is 6.35. The Labute approximate surface area is 180 Å². The Balaban J connectivity index is 1.26. The maximum Gasteiger partial charge on any atom is 0.223 e. The number of benzene rings is 2. The molecule has 0 unspecified atom stereocenters. The number of aromatic nitrogens is 3. The average molecular weight is 419 g/mol. The van der Waals surface area contributed by atoms with Gasteiger partial charge in [0, 0.05) is 19.6 Å². The van der Waals surface area contributed by atoms with Crippen LogP contribution in [0.1, 0.15) is 43.5 Å². The molecule has 0 aliphatic carbocycles. The molecule has 1 fully saturated rings. The first kappa shape index (κ1) is 19.4. The van der Waals surface area contributed by atoms with Crippen molar-refractivity contribution in [2.75, 3.05) is 19.6 Å². The molecule has 0 amide bonds. The summed E-state index contributed by atoms with van der Waals surface area (Å²) in [7, 11) is 0. The van der Waals surface area contributed by atoms with E-state index in [9.17, 15) is 0 Å². The molecular weight excluding hydrogens is 392 g/mol. The van der Waals surface area contributed by atoms with Crippen LogP contribution >= 0.6 is 11.3 Å². The van der Waals surface area contributed by atoms with E-state index in [4.69, 9.17) is 9.40 Å². The van der Waals surface area contributed by atoms with Crippen LogP contribution in [0.2, 0.25) is 0 Å². The second-order valence-corrected chi connectivity index (χ2v) is 10.4. The van der Waals surface area contributed by atoms with Crippen molar-refractivity contribution in [3.8, 4) is 11.1 Å². The molecule has 1 aliphatic rings. The summed E-state index contributed by atoms with van der Waals surface area (Å²) in [5.74, 6) is 1.78. The van der Waals surface area contributed by atoms with E-state index in [0.717, 1.165) is 36.0 Å². The maximum absolute atomic E-state index is 5.98. The highest BCUT2D eigenvalue weighted by molar-refractivity contribution is 7.18. The Morgan fingerprint density at radius 3 is 2.60 bits per heavy atom. The molecule has 1 aliphatic heterocycles. The summed E-state index contributed by atoms with van der Waals surface area (Å²) < 4.78 is 7.16. The Morgan fingerprint density at radius 1 is 1.03 bits per heavy atom. The van der Waals surface area contributed by atoms with Gasteiger partial charge in [0.15, 0.2) is 0 Å². The van der Waals surface area contributed by atoms with E-state index in [1.165, 1.54) is 15.8 Å². The van der Waals surface area contributed by atoms with Crippen LogP contribution in [0.15, 0.2) is 52.9 Å². The molecule has 4 aromatic rings. The van der Waals surface area contributed by atoms with Crippen LogP contribution in [0, 0.1) is 5.41 Å². The lowest BCUT2D eigenvalue weighted by Crippen LogP contribution is -2.48. The molecule has 0 bridgehead atoms. The Hall–Kier alpha value is -2.57. The van der Waals surface area contributed by atoms with Crippen molar-refractivity contribution < 1.29 is 4.42 Å². The zero-order valence-corrected chi connectivity index (χ0v) is 18.4. The Bertz CT molecular complexity index is 1150. The summed E-state index contributed by atoms with van der Waals surface area (Å²) in [4.78, 5) is 7.22. The van der Waals surface area contributed by atoms with Gasteiger partial charge in [-0.05, 0) is 28.7 Å². The fraction of sp³-hybridized carbons (Fsp3) is 0.375. The molecule has 6 heteroatoms. The van der Waals surface area contributed by atoms with Gasteiger partial charge in [-0.1, -0.05) is 57.2 Å². The fourth-order valence-electron chi connectivity index (χ4n) is 4.02. The third-order valence-electron chi connectivity index (χ3n) is 5.33. The minimum absolute atomic E-state index is 0.318. The Morgan fingerprint density at radius 2 is 1.83 bits per heavy atom. The van der Waals surface area contributed by atoms with E-state index in [2.05, 4.69) is 78.3 Å². The molecular formula is C24H26N4OS. The van der Waals surface area contributed by atoms with Gasteiger partial charge in [0.25, 0.3) is 0 Å². The summed E-state index contributed by atoms with van der Waals surface area (Å²) in [6.07, 6.45) is 0.589. The van der Waals surface area contributed by atoms with Gasteiger partial charge in [-0.25, -0.2) is 4.98 Å². The monoisotopic (exact) mass is 418 g/mol. The highest BCUT2D eigenvalue weighted by atomic mass is 32.1. The lowest BCUT2D eigenvalue weighted by Gasteiger charge is -2.40. The van der Waals surface area contributed by atoms with Crippen molar-refractivity contribution in [3.05, 3.63) is 65.3 Å². The molecule has 0 atom stereocenters. The van der Waals surface area contributed by atoms with E-state index in [-0.39, 0.29) is 0 Å². The van der Waals surface area contributed by atoms with Crippen LogP contribution in [0.25, 0.3) is 21.3 Å². The third kappa shape index (κ3) is 4.16. The summed E-state index contributed by atoms with van der Waals surface area (Å²) in [6.45, 7) is 9.91. The molecule has 0 spiro atoms. The molecule has 0 saturated carbocycles. The largest absolute Gasteiger partial charge is 0.424 e. The van der Waals surface area contributed by atoms with Gasteiger partial charge >= 0.3 is 0 Å². The Kier molecular flexibility index (Phi) is 4.91. The van der Waals surface area contributed by atoms with Gasteiger partial charge in [0.1, 0.15) is 5.01 Å². The zero-order chi connectivity index (χ0) is 20.7. The van der Waals surface area contributed by atoms with E-state index in [1.54, 1.807) is 11.3 Å². The molecule has 0 N–H and O–H groups in total. The van der Waals surface area contributed by atoms with E-state index in [1.807, 2.05) is 6.07 Å². The van der Waals surface area contributed by atoms with Crippen molar-refractivity contribution in [1.82, 2.24) is 20.1 Å². The second-order valence-electron chi connectivity index (χ2n) is 9.32. The number of hydrogen-bond acceptors (Lipinski definition) is 6. The summed E-state index contributed by atoms with van der Waals surface area (Å²) in [5.41, 5.74) is 3.77. The van der Waals surface area contributed by atoms with Crippen LogP contribution in [-0.4, -0.2) is 39.7 Å². The number of rotatable bonds is 5. The van der Waals surface area contributed by atoms with Gasteiger partial charge < -0.3 is 9.32 Å². The van der Waals surface area contributed by atoms with Crippen LogP contribution in [-0.2, 0) is 6.42 Å². The molecule has 5 nitrogen and oxygen atoms in total. The zero-order valence-electron chi connectivity index (χ0n) is 17.6. The maximum atomic E-state index is 5.98. The lowest BCUT2D eigenvalue weighted by atomic mass is 9.91. The van der Waals surface area contributed by atoms with Gasteiger partial charge in [-0.15, -0.1) is 21.5 Å². The minimum atomic E-state index is 0.318. The van der Waals surface area contributed by atoms with E-state index >= 15 is 0 Å². The van der Waals surface area contributed by atoms with Crippen molar-refractivity contribution in [1.29, 1.82) is 0 Å². The van der Waals surface area contributed by atoms with Crippen molar-refractivity contribution in [2.24, 2.45) is 5.41 Å². The molecule has 1 saturated heterocycles. The van der Waals surface area contributed by atoms with E-state index < -0.39 is 0 Å². The van der Waals surface area contributed by atoms with Gasteiger partial charge in [-0.2, -0.15) is 0 Å². The topological polar surface area (TPSA) is 55.1 Å². The first-order chi connectivity index (χ1) is 14.4. The number of thiazole rings is 1. The van der Waals surface area contributed by atoms with Gasteiger partial charge in [-0.3, -0.25) is 0 Å². The molecule has 3 heterocycles. The number of hydrogen-bond donors (Lipinski definition) is 0. The minimum Gasteiger partial charge on any atom is -0.424 e. The molecule has 2 aromatic heterocycles. The molecule has 2 aromatic carbocycles. The molecule has 5 rings (SSSR count). The van der Waals surface area contributed by atoms with Crippen molar-refractivity contribution in [3.63, 3.8) is 0 Å². The van der Waals surface area contributed by atoms with Crippen LogP contribution in [0.4, 0.5) is 0 Å². The predicted octanol–water partition coefficient (Wildman–Crippen LogP) is 5.38. The van der Waals surface area contributed by atoms with Crippen molar-refractivity contribution >= 4 is 21.6 Å². The number of fused-ring (bicyclic) bond motifs is 1. The highest BCUT2D eigenvalue weighted by Gasteiger charge is 2.34. The summed E-state index contributed by atoms with van der Waals surface area (Å²) in [6, 6.07) is 16.9. The fourth-order valence-corrected chi connectivity index (χ4v) is 5.01. The highest BCUT2D eigenvalue weighted by Crippen LogP contribution is 2.31. The second kappa shape index (κ2) is 7.60.